The van der Waals surface area contributed by atoms with Gasteiger partial charge in [0.2, 0.25) is 0 Å². The molecule has 4 rings (SSSR count). The van der Waals surface area contributed by atoms with Crippen LogP contribution in [0.2, 0.25) is 5.02 Å². The standard InChI is InChI=1S/C29H28ClF3N2O4S/c1-3-22-23-12-8-19(28(36)35-25(16-34)17-6-10-21(11-7-17)40(37,38)4-2)14-27(23)39-26(22)13-18-5-9-20(30)15-24(18)29(31,32)33/h5-12,14-15,25H,3-4,13,16,34H2,1-2H3,(H,35,36)/t25-/m0/s1. The first-order chi connectivity index (χ1) is 18.9. The van der Waals surface area contributed by atoms with Crippen LogP contribution in [-0.2, 0) is 28.9 Å². The zero-order chi connectivity index (χ0) is 29.2. The fraction of sp³-hybridized carbons (Fsp3) is 0.276. The minimum Gasteiger partial charge on any atom is -0.460 e. The molecular formula is C29H28ClF3N2O4S. The van der Waals surface area contributed by atoms with E-state index in [4.69, 9.17) is 21.8 Å². The lowest BCUT2D eigenvalue weighted by molar-refractivity contribution is -0.138. The van der Waals surface area contributed by atoms with Crippen LogP contribution in [-0.4, -0.2) is 26.6 Å². The van der Waals surface area contributed by atoms with Gasteiger partial charge in [-0.1, -0.05) is 49.7 Å². The molecule has 0 saturated heterocycles. The minimum atomic E-state index is -4.58. The Morgan fingerprint density at radius 1 is 1.05 bits per heavy atom. The highest BCUT2D eigenvalue weighted by Gasteiger charge is 2.34. The minimum absolute atomic E-state index is 0.00947. The summed E-state index contributed by atoms with van der Waals surface area (Å²) < 4.78 is 71.1. The summed E-state index contributed by atoms with van der Waals surface area (Å²) >= 11 is 5.82. The van der Waals surface area contributed by atoms with E-state index in [1.165, 1.54) is 24.3 Å². The van der Waals surface area contributed by atoms with Gasteiger partial charge in [-0.3, -0.25) is 4.79 Å². The van der Waals surface area contributed by atoms with Crippen molar-refractivity contribution >= 4 is 38.3 Å². The number of rotatable bonds is 9. The zero-order valence-electron chi connectivity index (χ0n) is 21.8. The second kappa shape index (κ2) is 11.6. The highest BCUT2D eigenvalue weighted by molar-refractivity contribution is 7.91. The van der Waals surface area contributed by atoms with Crippen LogP contribution in [0, 0.1) is 0 Å². The van der Waals surface area contributed by atoms with Crippen molar-refractivity contribution in [1.82, 2.24) is 5.32 Å². The maximum atomic E-state index is 13.6. The number of sulfone groups is 1. The van der Waals surface area contributed by atoms with Gasteiger partial charge in [-0.05, 0) is 53.9 Å². The van der Waals surface area contributed by atoms with Gasteiger partial charge in [0, 0.05) is 34.5 Å². The van der Waals surface area contributed by atoms with Gasteiger partial charge in [-0.2, -0.15) is 13.2 Å². The first-order valence-electron chi connectivity index (χ1n) is 12.6. The van der Waals surface area contributed by atoms with E-state index < -0.39 is 33.5 Å². The Hall–Kier alpha value is -3.34. The van der Waals surface area contributed by atoms with Crippen LogP contribution in [0.25, 0.3) is 11.0 Å². The Balaban J connectivity index is 1.60. The summed E-state index contributed by atoms with van der Waals surface area (Å²) in [6.07, 6.45) is -4.15. The smallest absolute Gasteiger partial charge is 0.416 e. The number of hydrogen-bond acceptors (Lipinski definition) is 5. The molecule has 0 aliphatic carbocycles. The third-order valence-electron chi connectivity index (χ3n) is 6.78. The Labute approximate surface area is 235 Å². The summed E-state index contributed by atoms with van der Waals surface area (Å²) in [5.74, 6) is -0.0796. The van der Waals surface area contributed by atoms with Gasteiger partial charge in [0.1, 0.15) is 11.3 Å². The molecule has 1 aromatic heterocycles. The summed E-state index contributed by atoms with van der Waals surface area (Å²) in [5, 5.41) is 3.55. The maximum absolute atomic E-state index is 13.6. The first-order valence-corrected chi connectivity index (χ1v) is 14.6. The van der Waals surface area contributed by atoms with Crippen molar-refractivity contribution in [3.8, 4) is 0 Å². The van der Waals surface area contributed by atoms with Crippen molar-refractivity contribution in [2.45, 2.75) is 43.8 Å². The van der Waals surface area contributed by atoms with Crippen LogP contribution in [0.15, 0.2) is 70.0 Å². The second-order valence-electron chi connectivity index (χ2n) is 9.28. The fourth-order valence-corrected chi connectivity index (χ4v) is 5.66. The number of nitrogens with one attached hydrogen (secondary N) is 1. The third-order valence-corrected chi connectivity index (χ3v) is 8.77. The van der Waals surface area contributed by atoms with Crippen molar-refractivity contribution in [2.75, 3.05) is 12.3 Å². The number of carbonyl (C=O) groups is 1. The van der Waals surface area contributed by atoms with Crippen LogP contribution < -0.4 is 11.1 Å². The lowest BCUT2D eigenvalue weighted by Gasteiger charge is -2.18. The molecule has 1 heterocycles. The van der Waals surface area contributed by atoms with E-state index in [-0.39, 0.29) is 39.8 Å². The molecule has 0 aliphatic heterocycles. The van der Waals surface area contributed by atoms with E-state index >= 15 is 0 Å². The summed E-state index contributed by atoms with van der Waals surface area (Å²) in [7, 11) is -3.36. The van der Waals surface area contributed by atoms with Gasteiger partial charge < -0.3 is 15.5 Å². The Morgan fingerprint density at radius 2 is 1.75 bits per heavy atom. The lowest BCUT2D eigenvalue weighted by Crippen LogP contribution is -2.33. The van der Waals surface area contributed by atoms with Gasteiger partial charge in [0.05, 0.1) is 22.3 Å². The van der Waals surface area contributed by atoms with Crippen LogP contribution in [0.3, 0.4) is 0 Å². The monoisotopic (exact) mass is 592 g/mol. The maximum Gasteiger partial charge on any atom is 0.416 e. The molecule has 3 N–H and O–H groups in total. The number of fused-ring (bicyclic) bond motifs is 1. The van der Waals surface area contributed by atoms with Gasteiger partial charge in [0.25, 0.3) is 5.91 Å². The molecule has 4 aromatic rings. The Bertz CT molecular complexity index is 1650. The quantitative estimate of drug-likeness (QED) is 0.231. The van der Waals surface area contributed by atoms with E-state index in [1.54, 1.807) is 37.3 Å². The largest absolute Gasteiger partial charge is 0.460 e. The topological polar surface area (TPSA) is 102 Å². The molecule has 0 aliphatic rings. The first kappa shape index (κ1) is 29.6. The lowest BCUT2D eigenvalue weighted by atomic mass is 9.99. The van der Waals surface area contributed by atoms with E-state index in [9.17, 15) is 26.4 Å². The van der Waals surface area contributed by atoms with Crippen LogP contribution in [0.5, 0.6) is 0 Å². The van der Waals surface area contributed by atoms with Crippen molar-refractivity contribution in [3.63, 3.8) is 0 Å². The third kappa shape index (κ3) is 6.19. The van der Waals surface area contributed by atoms with Crippen LogP contribution >= 0.6 is 11.6 Å². The fourth-order valence-electron chi connectivity index (χ4n) is 4.61. The summed E-state index contributed by atoms with van der Waals surface area (Å²) in [4.78, 5) is 13.3. The molecular weight excluding hydrogens is 565 g/mol. The van der Waals surface area contributed by atoms with E-state index in [2.05, 4.69) is 5.32 Å². The van der Waals surface area contributed by atoms with Gasteiger partial charge in [-0.15, -0.1) is 0 Å². The molecule has 1 atom stereocenters. The number of nitrogens with two attached hydrogens (primary N) is 1. The highest BCUT2D eigenvalue weighted by atomic mass is 35.5. The Kier molecular flexibility index (Phi) is 8.63. The van der Waals surface area contributed by atoms with Gasteiger partial charge >= 0.3 is 6.18 Å². The normalized spacial score (nSPS) is 13.0. The van der Waals surface area contributed by atoms with Crippen LogP contribution in [0.4, 0.5) is 13.2 Å². The van der Waals surface area contributed by atoms with Crippen LogP contribution in [0.1, 0.15) is 58.3 Å². The van der Waals surface area contributed by atoms with Crippen molar-refractivity contribution < 1.29 is 30.8 Å². The van der Waals surface area contributed by atoms with E-state index in [1.807, 2.05) is 6.92 Å². The molecule has 212 valence electrons. The number of benzene rings is 3. The number of amides is 1. The average molecular weight is 593 g/mol. The van der Waals surface area contributed by atoms with Gasteiger partial charge in [-0.25, -0.2) is 8.42 Å². The highest BCUT2D eigenvalue weighted by Crippen LogP contribution is 2.36. The predicted molar refractivity (Wildman–Crippen MR) is 148 cm³/mol. The summed E-state index contributed by atoms with van der Waals surface area (Å²) in [6.45, 7) is 3.51. The number of hydrogen-bond donors (Lipinski definition) is 2. The number of halogens is 4. The second-order valence-corrected chi connectivity index (χ2v) is 12.0. The molecule has 40 heavy (non-hydrogen) atoms. The zero-order valence-corrected chi connectivity index (χ0v) is 23.4. The van der Waals surface area contributed by atoms with Crippen molar-refractivity contribution in [3.05, 3.63) is 99.3 Å². The number of furan rings is 1. The molecule has 0 unspecified atom stereocenters. The molecule has 0 radical (unpaired) electrons. The SMILES string of the molecule is CCc1c(Cc2ccc(Cl)cc2C(F)(F)F)oc2cc(C(=O)N[C@@H](CN)c3ccc(S(=O)(=O)CC)cc3)ccc12. The number of aryl methyl sites for hydroxylation is 1. The summed E-state index contributed by atoms with van der Waals surface area (Å²) in [5.41, 5.74) is 7.16. The molecule has 3 aromatic carbocycles. The Morgan fingerprint density at radius 3 is 2.35 bits per heavy atom. The number of alkyl halides is 3. The average Bonchev–Trinajstić information content (AvgIpc) is 3.28. The summed E-state index contributed by atoms with van der Waals surface area (Å²) in [6, 6.07) is 14.1. The van der Waals surface area contributed by atoms with Crippen molar-refractivity contribution in [1.29, 1.82) is 0 Å². The molecule has 0 spiro atoms. The predicted octanol–water partition coefficient (Wildman–Crippen LogP) is 6.48. The molecule has 6 nitrogen and oxygen atoms in total. The van der Waals surface area contributed by atoms with E-state index in [0.29, 0.717) is 28.7 Å². The van der Waals surface area contributed by atoms with Crippen molar-refractivity contribution in [2.24, 2.45) is 5.73 Å². The molecule has 11 heteroatoms. The molecule has 0 bridgehead atoms. The molecule has 0 saturated carbocycles. The number of carbonyl (C=O) groups excluding carboxylic acids is 1. The molecule has 0 fully saturated rings. The molecule has 1 amide bonds. The van der Waals surface area contributed by atoms with Gasteiger partial charge in [0.15, 0.2) is 9.84 Å². The van der Waals surface area contributed by atoms with E-state index in [0.717, 1.165) is 11.6 Å².